The molecule has 0 bridgehead atoms. The van der Waals surface area contributed by atoms with E-state index >= 15 is 0 Å². The number of hydrogen-bond donors (Lipinski definition) is 2. The monoisotopic (exact) mass is 422 g/mol. The van der Waals surface area contributed by atoms with Crippen molar-refractivity contribution in [1.29, 1.82) is 0 Å². The van der Waals surface area contributed by atoms with Crippen LogP contribution in [-0.4, -0.2) is 43.2 Å². The van der Waals surface area contributed by atoms with Gasteiger partial charge in [-0.25, -0.2) is 4.99 Å². The fraction of sp³-hybridized carbons (Fsp3) is 0.417. The second-order valence-electron chi connectivity index (χ2n) is 7.79. The highest BCUT2D eigenvalue weighted by molar-refractivity contribution is 5.79. The van der Waals surface area contributed by atoms with E-state index in [1.807, 2.05) is 17.0 Å². The number of amides is 1. The highest BCUT2D eigenvalue weighted by atomic mass is 16.7. The zero-order chi connectivity index (χ0) is 21.5. The Morgan fingerprint density at radius 1 is 1.03 bits per heavy atom. The van der Waals surface area contributed by atoms with E-state index in [9.17, 15) is 4.79 Å². The van der Waals surface area contributed by atoms with Crippen LogP contribution in [0.25, 0.3) is 0 Å². The molecule has 0 spiro atoms. The summed E-state index contributed by atoms with van der Waals surface area (Å²) in [5.41, 5.74) is 3.50. The van der Waals surface area contributed by atoms with E-state index in [2.05, 4.69) is 47.9 Å². The van der Waals surface area contributed by atoms with Gasteiger partial charge in [0.05, 0.1) is 6.54 Å². The maximum atomic E-state index is 11.8. The molecule has 7 nitrogen and oxygen atoms in total. The van der Waals surface area contributed by atoms with Crippen LogP contribution >= 0.6 is 0 Å². The number of carbonyl (C=O) groups is 1. The second-order valence-corrected chi connectivity index (χ2v) is 7.79. The zero-order valence-corrected chi connectivity index (χ0v) is 18.0. The van der Waals surface area contributed by atoms with Crippen LogP contribution in [0.15, 0.2) is 47.5 Å². The van der Waals surface area contributed by atoms with Crippen molar-refractivity contribution in [3.05, 3.63) is 59.2 Å². The van der Waals surface area contributed by atoms with E-state index in [1.165, 1.54) is 5.56 Å². The SMILES string of the molecule is CCNC(=NCc1ccc(CN2CCCC2=O)cc1)NCCc1ccc2c(c1)OCO2. The van der Waals surface area contributed by atoms with Crippen LogP contribution in [0.4, 0.5) is 0 Å². The molecule has 0 aromatic heterocycles. The molecular formula is C24H30N4O3. The Hall–Kier alpha value is -3.22. The first-order valence-electron chi connectivity index (χ1n) is 11.0. The number of nitrogens with one attached hydrogen (secondary N) is 2. The molecule has 1 saturated heterocycles. The number of likely N-dealkylation sites (tertiary alicyclic amines) is 1. The molecule has 0 aliphatic carbocycles. The minimum Gasteiger partial charge on any atom is -0.454 e. The van der Waals surface area contributed by atoms with Gasteiger partial charge in [0.1, 0.15) is 0 Å². The van der Waals surface area contributed by atoms with E-state index in [0.717, 1.165) is 61.1 Å². The summed E-state index contributed by atoms with van der Waals surface area (Å²) in [5, 5.41) is 6.69. The Kier molecular flexibility index (Phi) is 6.92. The number of carbonyl (C=O) groups excluding carboxylic acids is 1. The van der Waals surface area contributed by atoms with Crippen molar-refractivity contribution in [2.24, 2.45) is 4.99 Å². The highest BCUT2D eigenvalue weighted by Gasteiger charge is 2.19. The lowest BCUT2D eigenvalue weighted by Gasteiger charge is -2.15. The quantitative estimate of drug-likeness (QED) is 0.505. The molecule has 2 heterocycles. The Balaban J connectivity index is 1.27. The van der Waals surface area contributed by atoms with E-state index in [4.69, 9.17) is 14.5 Å². The van der Waals surface area contributed by atoms with Crippen molar-refractivity contribution in [2.75, 3.05) is 26.4 Å². The number of ether oxygens (including phenoxy) is 2. The van der Waals surface area contributed by atoms with Gasteiger partial charge in [-0.15, -0.1) is 0 Å². The molecule has 0 radical (unpaired) electrons. The van der Waals surface area contributed by atoms with Gasteiger partial charge < -0.3 is 25.0 Å². The Morgan fingerprint density at radius 2 is 1.81 bits per heavy atom. The third kappa shape index (κ3) is 5.69. The number of rotatable bonds is 8. The minimum absolute atomic E-state index is 0.260. The van der Waals surface area contributed by atoms with Crippen LogP contribution in [0.1, 0.15) is 36.5 Å². The van der Waals surface area contributed by atoms with Crippen molar-refractivity contribution in [1.82, 2.24) is 15.5 Å². The molecule has 7 heteroatoms. The number of hydrogen-bond acceptors (Lipinski definition) is 4. The summed E-state index contributed by atoms with van der Waals surface area (Å²) >= 11 is 0. The predicted molar refractivity (Wildman–Crippen MR) is 120 cm³/mol. The van der Waals surface area contributed by atoms with Gasteiger partial charge in [-0.05, 0) is 48.6 Å². The lowest BCUT2D eigenvalue weighted by atomic mass is 10.1. The predicted octanol–water partition coefficient (Wildman–Crippen LogP) is 2.84. The van der Waals surface area contributed by atoms with E-state index < -0.39 is 0 Å². The standard InChI is InChI=1S/C24H30N4O3/c1-2-25-24(26-12-11-18-9-10-21-22(14-18)31-17-30-21)27-15-19-5-7-20(8-6-19)16-28-13-3-4-23(28)29/h5-10,14H,2-4,11-13,15-17H2,1H3,(H2,25,26,27). The molecule has 164 valence electrons. The van der Waals surface area contributed by atoms with Crippen molar-refractivity contribution < 1.29 is 14.3 Å². The molecule has 1 fully saturated rings. The third-order valence-electron chi connectivity index (χ3n) is 5.47. The summed E-state index contributed by atoms with van der Waals surface area (Å²) in [6.07, 6.45) is 2.52. The summed E-state index contributed by atoms with van der Waals surface area (Å²) in [6.45, 7) is 6.10. The fourth-order valence-corrected chi connectivity index (χ4v) is 3.78. The molecule has 0 unspecified atom stereocenters. The maximum absolute atomic E-state index is 11.8. The van der Waals surface area contributed by atoms with E-state index in [-0.39, 0.29) is 5.91 Å². The summed E-state index contributed by atoms with van der Waals surface area (Å²) in [7, 11) is 0. The van der Waals surface area contributed by atoms with Gasteiger partial charge in [-0.3, -0.25) is 4.79 Å². The van der Waals surface area contributed by atoms with Gasteiger partial charge in [0, 0.05) is 32.6 Å². The summed E-state index contributed by atoms with van der Waals surface area (Å²) in [5.74, 6) is 2.69. The Bertz CT molecular complexity index is 927. The van der Waals surface area contributed by atoms with Crippen molar-refractivity contribution >= 4 is 11.9 Å². The normalized spacial score (nSPS) is 15.5. The first kappa shape index (κ1) is 21.0. The topological polar surface area (TPSA) is 75.2 Å². The van der Waals surface area contributed by atoms with Gasteiger partial charge in [0.25, 0.3) is 0 Å². The van der Waals surface area contributed by atoms with Crippen molar-refractivity contribution in [3.8, 4) is 11.5 Å². The summed E-state index contributed by atoms with van der Waals surface area (Å²) < 4.78 is 10.8. The lowest BCUT2D eigenvalue weighted by molar-refractivity contribution is -0.128. The van der Waals surface area contributed by atoms with E-state index in [0.29, 0.717) is 26.3 Å². The van der Waals surface area contributed by atoms with Gasteiger partial charge in [-0.1, -0.05) is 30.3 Å². The smallest absolute Gasteiger partial charge is 0.231 e. The number of benzene rings is 2. The summed E-state index contributed by atoms with van der Waals surface area (Å²) in [6, 6.07) is 14.4. The molecule has 2 N–H and O–H groups in total. The molecule has 2 aromatic carbocycles. The maximum Gasteiger partial charge on any atom is 0.231 e. The fourth-order valence-electron chi connectivity index (χ4n) is 3.78. The molecule has 4 rings (SSSR count). The lowest BCUT2D eigenvalue weighted by Crippen LogP contribution is -2.38. The molecule has 2 aliphatic rings. The Morgan fingerprint density at radius 3 is 2.58 bits per heavy atom. The first-order chi connectivity index (χ1) is 15.2. The van der Waals surface area contributed by atoms with Crippen LogP contribution in [0.3, 0.4) is 0 Å². The molecule has 31 heavy (non-hydrogen) atoms. The minimum atomic E-state index is 0.260. The van der Waals surface area contributed by atoms with Crippen molar-refractivity contribution in [3.63, 3.8) is 0 Å². The van der Waals surface area contributed by atoms with Crippen LogP contribution in [0.2, 0.25) is 0 Å². The van der Waals surface area contributed by atoms with Gasteiger partial charge >= 0.3 is 0 Å². The van der Waals surface area contributed by atoms with Gasteiger partial charge in [-0.2, -0.15) is 0 Å². The molecule has 1 amide bonds. The van der Waals surface area contributed by atoms with E-state index in [1.54, 1.807) is 0 Å². The highest BCUT2D eigenvalue weighted by Crippen LogP contribution is 2.32. The van der Waals surface area contributed by atoms with Crippen LogP contribution in [0, 0.1) is 0 Å². The summed E-state index contributed by atoms with van der Waals surface area (Å²) in [4.78, 5) is 18.4. The largest absolute Gasteiger partial charge is 0.454 e. The van der Waals surface area contributed by atoms with Gasteiger partial charge in [0.2, 0.25) is 12.7 Å². The zero-order valence-electron chi connectivity index (χ0n) is 18.0. The van der Waals surface area contributed by atoms with Crippen LogP contribution in [0.5, 0.6) is 11.5 Å². The molecule has 2 aliphatic heterocycles. The van der Waals surface area contributed by atoms with Crippen molar-refractivity contribution in [2.45, 2.75) is 39.3 Å². The average molecular weight is 423 g/mol. The average Bonchev–Trinajstić information content (AvgIpc) is 3.41. The number of nitrogens with zero attached hydrogens (tertiary/aromatic N) is 2. The number of guanidine groups is 1. The third-order valence-corrected chi connectivity index (χ3v) is 5.47. The molecular weight excluding hydrogens is 392 g/mol. The van der Waals surface area contributed by atoms with Gasteiger partial charge in [0.15, 0.2) is 17.5 Å². The molecule has 0 atom stereocenters. The second kappa shape index (κ2) is 10.2. The molecule has 0 saturated carbocycles. The Labute approximate surface area is 183 Å². The first-order valence-corrected chi connectivity index (χ1v) is 11.0. The number of fused-ring (bicyclic) bond motifs is 1. The molecule has 2 aromatic rings. The van der Waals surface area contributed by atoms with Crippen LogP contribution in [-0.2, 0) is 24.3 Å². The number of aliphatic imine (C=N–C) groups is 1. The van der Waals surface area contributed by atoms with Crippen LogP contribution < -0.4 is 20.1 Å².